The zero-order valence-corrected chi connectivity index (χ0v) is 25.7. The first kappa shape index (κ1) is 26.6. The molecule has 0 spiro atoms. The Morgan fingerprint density at radius 3 is 1.83 bits per heavy atom. The number of hydrogen-bond acceptors (Lipinski definition) is 4. The molecule has 0 aliphatic rings. The Morgan fingerprint density at radius 1 is 0.396 bits per heavy atom. The van der Waals surface area contributed by atoms with Gasteiger partial charge in [0.25, 0.3) is 0 Å². The van der Waals surface area contributed by atoms with Crippen molar-refractivity contribution in [1.82, 2.24) is 19.5 Å². The van der Waals surface area contributed by atoms with Gasteiger partial charge in [-0.25, -0.2) is 15.0 Å². The molecule has 0 fully saturated rings. The first-order valence-electron chi connectivity index (χ1n) is 16.0. The average Bonchev–Trinajstić information content (AvgIpc) is 3.69. The molecular weight excluding hydrogens is 589 g/mol. The summed E-state index contributed by atoms with van der Waals surface area (Å²) >= 11 is 0. The van der Waals surface area contributed by atoms with Crippen LogP contribution < -0.4 is 0 Å². The summed E-state index contributed by atoms with van der Waals surface area (Å²) in [4.78, 5) is 15.1. The molecule has 48 heavy (non-hydrogen) atoms. The molecule has 10 rings (SSSR count). The Kier molecular flexibility index (Phi) is 5.81. The number of fused-ring (bicyclic) bond motifs is 7. The Bertz CT molecular complexity index is 2790. The molecular formula is C43H26N4O. The summed E-state index contributed by atoms with van der Waals surface area (Å²) in [7, 11) is 0. The third-order valence-electron chi connectivity index (χ3n) is 9.25. The first-order valence-corrected chi connectivity index (χ1v) is 16.0. The van der Waals surface area contributed by atoms with Crippen molar-refractivity contribution in [3.8, 4) is 39.9 Å². The lowest BCUT2D eigenvalue weighted by Gasteiger charge is -2.10. The Labute approximate surface area is 275 Å². The second-order valence-corrected chi connectivity index (χ2v) is 12.1. The number of para-hydroxylation sites is 2. The topological polar surface area (TPSA) is 56.7 Å². The van der Waals surface area contributed by atoms with E-state index in [0.717, 1.165) is 55.1 Å². The highest BCUT2D eigenvalue weighted by molar-refractivity contribution is 6.10. The van der Waals surface area contributed by atoms with E-state index in [4.69, 9.17) is 19.4 Å². The van der Waals surface area contributed by atoms with Crippen LogP contribution in [0.15, 0.2) is 162 Å². The van der Waals surface area contributed by atoms with E-state index in [-0.39, 0.29) is 0 Å². The lowest BCUT2D eigenvalue weighted by atomic mass is 10.0. The van der Waals surface area contributed by atoms with Crippen molar-refractivity contribution in [2.75, 3.05) is 0 Å². The smallest absolute Gasteiger partial charge is 0.164 e. The highest BCUT2D eigenvalue weighted by Crippen LogP contribution is 2.37. The van der Waals surface area contributed by atoms with E-state index in [9.17, 15) is 0 Å². The van der Waals surface area contributed by atoms with E-state index in [2.05, 4.69) is 120 Å². The largest absolute Gasteiger partial charge is 0.456 e. The zero-order valence-electron chi connectivity index (χ0n) is 25.7. The van der Waals surface area contributed by atoms with Crippen LogP contribution in [-0.4, -0.2) is 19.5 Å². The number of aromatic nitrogens is 4. The van der Waals surface area contributed by atoms with Gasteiger partial charge in [0.1, 0.15) is 11.2 Å². The fraction of sp³-hybridized carbons (Fsp3) is 0. The molecule has 0 saturated carbocycles. The molecule has 3 heterocycles. The number of furan rings is 1. The number of hydrogen-bond donors (Lipinski definition) is 0. The zero-order chi connectivity index (χ0) is 31.6. The van der Waals surface area contributed by atoms with Gasteiger partial charge in [0.2, 0.25) is 0 Å². The van der Waals surface area contributed by atoms with Crippen LogP contribution in [0.5, 0.6) is 0 Å². The molecule has 224 valence electrons. The second kappa shape index (κ2) is 10.5. The van der Waals surface area contributed by atoms with Gasteiger partial charge in [-0.2, -0.15) is 0 Å². The van der Waals surface area contributed by atoms with E-state index >= 15 is 0 Å². The van der Waals surface area contributed by atoms with Crippen molar-refractivity contribution < 1.29 is 4.42 Å². The highest BCUT2D eigenvalue weighted by atomic mass is 16.3. The van der Waals surface area contributed by atoms with Gasteiger partial charge in [0.15, 0.2) is 17.5 Å². The maximum absolute atomic E-state index is 6.47. The monoisotopic (exact) mass is 614 g/mol. The van der Waals surface area contributed by atoms with E-state index in [1.165, 1.54) is 21.8 Å². The van der Waals surface area contributed by atoms with Gasteiger partial charge in [-0.1, -0.05) is 109 Å². The molecule has 0 bridgehead atoms. The van der Waals surface area contributed by atoms with Gasteiger partial charge in [-0.05, 0) is 53.2 Å². The molecule has 0 N–H and O–H groups in total. The Hall–Kier alpha value is -6.59. The van der Waals surface area contributed by atoms with Crippen LogP contribution in [0.25, 0.3) is 94.4 Å². The van der Waals surface area contributed by atoms with Crippen molar-refractivity contribution in [3.63, 3.8) is 0 Å². The summed E-state index contributed by atoms with van der Waals surface area (Å²) in [5.41, 5.74) is 7.86. The van der Waals surface area contributed by atoms with Crippen LogP contribution in [-0.2, 0) is 0 Å². The molecule has 0 radical (unpaired) electrons. The third-order valence-corrected chi connectivity index (χ3v) is 9.25. The number of benzene rings is 7. The van der Waals surface area contributed by atoms with E-state index in [1.54, 1.807) is 0 Å². The van der Waals surface area contributed by atoms with Crippen molar-refractivity contribution in [2.24, 2.45) is 0 Å². The minimum absolute atomic E-state index is 0.616. The molecule has 3 aromatic heterocycles. The summed E-state index contributed by atoms with van der Waals surface area (Å²) in [6.45, 7) is 0. The lowest BCUT2D eigenvalue weighted by molar-refractivity contribution is 0.668. The molecule has 0 amide bonds. The number of rotatable bonds is 4. The molecule has 0 atom stereocenters. The molecule has 10 aromatic rings. The highest BCUT2D eigenvalue weighted by Gasteiger charge is 2.17. The summed E-state index contributed by atoms with van der Waals surface area (Å²) in [5.74, 6) is 1.89. The van der Waals surface area contributed by atoms with Crippen LogP contribution in [0.4, 0.5) is 0 Å². The molecule has 5 heteroatoms. The van der Waals surface area contributed by atoms with Crippen molar-refractivity contribution in [3.05, 3.63) is 158 Å². The van der Waals surface area contributed by atoms with Gasteiger partial charge >= 0.3 is 0 Å². The van der Waals surface area contributed by atoms with Crippen LogP contribution in [0.2, 0.25) is 0 Å². The van der Waals surface area contributed by atoms with Crippen LogP contribution in [0.3, 0.4) is 0 Å². The summed E-state index contributed by atoms with van der Waals surface area (Å²) in [6.07, 6.45) is 0. The molecule has 0 aliphatic heterocycles. The van der Waals surface area contributed by atoms with Crippen LogP contribution in [0.1, 0.15) is 0 Å². The van der Waals surface area contributed by atoms with Crippen molar-refractivity contribution in [2.45, 2.75) is 0 Å². The summed E-state index contributed by atoms with van der Waals surface area (Å²) in [5, 5.41) is 6.78. The SMILES string of the molecule is c1ccc(-c2nc(-c3ccc4oc5cc(-n6c7ccccc7c7ccccc76)ccc5c4c3)nc(-c3cccc4ccccc34)n2)cc1. The minimum atomic E-state index is 0.616. The average molecular weight is 615 g/mol. The predicted octanol–water partition coefficient (Wildman–Crippen LogP) is 11.0. The standard InChI is InChI=1S/C43H26N4O/c1-2-12-28(13-3-1)41-44-42(46-43(45-41)35-18-10-14-27-11-4-5-15-31(27)35)29-21-24-39-36(25-29)34-23-22-30(26-40(34)48-39)47-37-19-8-6-16-32(37)33-17-7-9-20-38(33)47/h1-26H. The fourth-order valence-electron chi connectivity index (χ4n) is 7.01. The van der Waals surface area contributed by atoms with Crippen molar-refractivity contribution in [1.29, 1.82) is 0 Å². The Morgan fingerprint density at radius 2 is 1.04 bits per heavy atom. The molecule has 0 aliphatic carbocycles. The normalized spacial score (nSPS) is 11.8. The minimum Gasteiger partial charge on any atom is -0.456 e. The molecule has 5 nitrogen and oxygen atoms in total. The van der Waals surface area contributed by atoms with E-state index in [1.807, 2.05) is 42.5 Å². The first-order chi connectivity index (χ1) is 23.8. The quantitative estimate of drug-likeness (QED) is 0.198. The van der Waals surface area contributed by atoms with Gasteiger partial charge in [0.05, 0.1) is 11.0 Å². The van der Waals surface area contributed by atoms with Gasteiger partial charge in [0, 0.05) is 50.0 Å². The maximum atomic E-state index is 6.47. The summed E-state index contributed by atoms with van der Waals surface area (Å²) in [6, 6.07) is 54.5. The summed E-state index contributed by atoms with van der Waals surface area (Å²) < 4.78 is 8.79. The second-order valence-electron chi connectivity index (χ2n) is 12.1. The van der Waals surface area contributed by atoms with Gasteiger partial charge in [-0.15, -0.1) is 0 Å². The maximum Gasteiger partial charge on any atom is 0.164 e. The van der Waals surface area contributed by atoms with Gasteiger partial charge < -0.3 is 8.98 Å². The molecule has 0 unspecified atom stereocenters. The Balaban J connectivity index is 1.14. The van der Waals surface area contributed by atoms with E-state index < -0.39 is 0 Å². The lowest BCUT2D eigenvalue weighted by Crippen LogP contribution is -2.00. The number of nitrogens with zero attached hydrogens (tertiary/aromatic N) is 4. The molecule has 0 saturated heterocycles. The fourth-order valence-corrected chi connectivity index (χ4v) is 7.01. The third kappa shape index (κ3) is 4.15. The van der Waals surface area contributed by atoms with Crippen LogP contribution in [0, 0.1) is 0 Å². The predicted molar refractivity (Wildman–Crippen MR) is 195 cm³/mol. The van der Waals surface area contributed by atoms with Gasteiger partial charge in [-0.3, -0.25) is 0 Å². The van der Waals surface area contributed by atoms with E-state index in [0.29, 0.717) is 17.5 Å². The van der Waals surface area contributed by atoms with Crippen LogP contribution >= 0.6 is 0 Å². The van der Waals surface area contributed by atoms with Crippen molar-refractivity contribution >= 4 is 54.5 Å². The molecule has 7 aromatic carbocycles.